The molecule has 0 spiro atoms. The van der Waals surface area contributed by atoms with Crippen molar-refractivity contribution in [2.75, 3.05) is 0 Å². The van der Waals surface area contributed by atoms with Gasteiger partial charge in [0.25, 0.3) is 0 Å². The molecule has 1 aromatic carbocycles. The van der Waals surface area contributed by atoms with Crippen LogP contribution in [0.3, 0.4) is 0 Å². The molecule has 0 saturated carbocycles. The van der Waals surface area contributed by atoms with Gasteiger partial charge in [-0.25, -0.2) is 0 Å². The van der Waals surface area contributed by atoms with Gasteiger partial charge in [0.05, 0.1) is 11.0 Å². The third kappa shape index (κ3) is 3.75. The third-order valence-electron chi connectivity index (χ3n) is 5.59. The van der Waals surface area contributed by atoms with Crippen molar-refractivity contribution in [1.29, 1.82) is 0 Å². The van der Waals surface area contributed by atoms with Gasteiger partial charge < -0.3 is 0 Å². The molecule has 2 aromatic heterocycles. The molecule has 0 aliphatic rings. The van der Waals surface area contributed by atoms with Crippen LogP contribution in [0.5, 0.6) is 0 Å². The second-order valence-electron chi connectivity index (χ2n) is 7.61. The Morgan fingerprint density at radius 1 is 0.654 bits per heavy atom. The Kier molecular flexibility index (Phi) is 6.24. The summed E-state index contributed by atoms with van der Waals surface area (Å²) >= 11 is 0. The molecule has 0 bridgehead atoms. The van der Waals surface area contributed by atoms with Gasteiger partial charge in [0.15, 0.2) is 0 Å². The number of fused-ring (bicyclic) bond motifs is 3. The molecule has 0 atom stereocenters. The van der Waals surface area contributed by atoms with Gasteiger partial charge in [-0.1, -0.05) is 51.7 Å². The van der Waals surface area contributed by atoms with Gasteiger partial charge in [-0.05, 0) is 61.8 Å². The highest BCUT2D eigenvalue weighted by atomic mass is 14.7. The van der Waals surface area contributed by atoms with E-state index >= 15 is 0 Å². The number of nitrogens with zero attached hydrogens (tertiary/aromatic N) is 2. The number of rotatable bonds is 8. The van der Waals surface area contributed by atoms with E-state index in [-0.39, 0.29) is 0 Å². The van der Waals surface area contributed by atoms with Crippen molar-refractivity contribution in [3.8, 4) is 0 Å². The number of pyridine rings is 2. The molecule has 0 fully saturated rings. The number of unbranched alkanes of at least 4 members (excludes halogenated alkanes) is 4. The second kappa shape index (κ2) is 8.62. The minimum atomic E-state index is 1.08. The topological polar surface area (TPSA) is 25.8 Å². The first-order valence-electron chi connectivity index (χ1n) is 10.3. The van der Waals surface area contributed by atoms with Crippen molar-refractivity contribution in [2.45, 2.75) is 79.1 Å². The minimum Gasteiger partial charge on any atom is -0.254 e. The molecule has 3 rings (SSSR count). The summed E-state index contributed by atoms with van der Waals surface area (Å²) in [5, 5.41) is 2.59. The van der Waals surface area contributed by atoms with Gasteiger partial charge in [-0.2, -0.15) is 0 Å². The molecule has 0 saturated heterocycles. The van der Waals surface area contributed by atoms with Crippen LogP contribution >= 0.6 is 0 Å². The summed E-state index contributed by atoms with van der Waals surface area (Å²) in [5.41, 5.74) is 7.69. The van der Waals surface area contributed by atoms with Crippen molar-refractivity contribution in [3.05, 3.63) is 46.8 Å². The summed E-state index contributed by atoms with van der Waals surface area (Å²) in [6.07, 6.45) is 13.9. The number of hydrogen-bond acceptors (Lipinski definition) is 2. The molecule has 2 heteroatoms. The summed E-state index contributed by atoms with van der Waals surface area (Å²) in [6.45, 7) is 8.90. The highest BCUT2D eigenvalue weighted by Crippen LogP contribution is 2.31. The fourth-order valence-corrected chi connectivity index (χ4v) is 4.00. The van der Waals surface area contributed by atoms with Crippen molar-refractivity contribution in [3.63, 3.8) is 0 Å². The van der Waals surface area contributed by atoms with Gasteiger partial charge >= 0.3 is 0 Å². The van der Waals surface area contributed by atoms with Crippen LogP contribution in [0, 0.1) is 13.8 Å². The quantitative estimate of drug-likeness (QED) is 0.328. The number of benzene rings is 1. The molecule has 0 aliphatic carbocycles. The standard InChI is InChI=1S/C24H32N2/c1-5-7-9-11-19-17(3)15-25-23-21(19)13-14-22-20(12-10-8-6-2)18(4)16-26-24(22)23/h13-16H,5-12H2,1-4H3. The second-order valence-corrected chi connectivity index (χ2v) is 7.61. The van der Waals surface area contributed by atoms with Crippen molar-refractivity contribution in [2.24, 2.45) is 0 Å². The average molecular weight is 349 g/mol. The zero-order valence-corrected chi connectivity index (χ0v) is 16.9. The lowest BCUT2D eigenvalue weighted by atomic mass is 9.94. The summed E-state index contributed by atoms with van der Waals surface area (Å²) in [5.74, 6) is 0. The zero-order valence-electron chi connectivity index (χ0n) is 16.9. The maximum absolute atomic E-state index is 4.80. The zero-order chi connectivity index (χ0) is 18.5. The maximum atomic E-state index is 4.80. The Morgan fingerprint density at radius 2 is 1.08 bits per heavy atom. The van der Waals surface area contributed by atoms with Crippen molar-refractivity contribution in [1.82, 2.24) is 9.97 Å². The average Bonchev–Trinajstić information content (AvgIpc) is 2.65. The molecule has 0 unspecified atom stereocenters. The number of hydrogen-bond donors (Lipinski definition) is 0. The van der Waals surface area contributed by atoms with E-state index in [1.807, 2.05) is 12.4 Å². The summed E-state index contributed by atoms with van der Waals surface area (Å²) < 4.78 is 0. The molecule has 0 amide bonds. The van der Waals surface area contributed by atoms with Crippen LogP contribution in [0.4, 0.5) is 0 Å². The van der Waals surface area contributed by atoms with E-state index in [1.165, 1.54) is 71.6 Å². The van der Waals surface area contributed by atoms with E-state index in [1.54, 1.807) is 0 Å². The normalized spacial score (nSPS) is 11.5. The van der Waals surface area contributed by atoms with Crippen LogP contribution in [-0.2, 0) is 12.8 Å². The molecule has 2 heterocycles. The van der Waals surface area contributed by atoms with E-state index in [9.17, 15) is 0 Å². The number of aryl methyl sites for hydroxylation is 4. The van der Waals surface area contributed by atoms with Gasteiger partial charge in [0.1, 0.15) is 0 Å². The van der Waals surface area contributed by atoms with E-state index in [4.69, 9.17) is 9.97 Å². The SMILES string of the molecule is CCCCCc1c(C)cnc2c1ccc1c(CCCCC)c(C)cnc12. The summed E-state index contributed by atoms with van der Waals surface area (Å²) in [6, 6.07) is 4.59. The molecule has 0 N–H and O–H groups in total. The molecule has 3 aromatic rings. The highest BCUT2D eigenvalue weighted by molar-refractivity contribution is 6.05. The van der Waals surface area contributed by atoms with E-state index in [2.05, 4.69) is 39.8 Å². The highest BCUT2D eigenvalue weighted by Gasteiger charge is 2.13. The van der Waals surface area contributed by atoms with Crippen LogP contribution < -0.4 is 0 Å². The minimum absolute atomic E-state index is 1.08. The van der Waals surface area contributed by atoms with E-state index in [0.717, 1.165) is 23.9 Å². The Morgan fingerprint density at radius 3 is 1.46 bits per heavy atom. The Hall–Kier alpha value is -1.96. The maximum Gasteiger partial charge on any atom is 0.0967 e. The lowest BCUT2D eigenvalue weighted by molar-refractivity contribution is 0.717. The Balaban J connectivity index is 2.11. The Labute approximate surface area is 158 Å². The largest absolute Gasteiger partial charge is 0.254 e. The fraction of sp³-hybridized carbons (Fsp3) is 0.500. The third-order valence-corrected chi connectivity index (χ3v) is 5.59. The molecule has 26 heavy (non-hydrogen) atoms. The van der Waals surface area contributed by atoms with Gasteiger partial charge in [0, 0.05) is 23.2 Å². The first kappa shape index (κ1) is 18.8. The first-order chi connectivity index (χ1) is 12.7. The molecular formula is C24H32N2. The Bertz CT molecular complexity index is 821. The van der Waals surface area contributed by atoms with Gasteiger partial charge in [-0.3, -0.25) is 9.97 Å². The molecular weight excluding hydrogens is 316 g/mol. The van der Waals surface area contributed by atoms with Crippen LogP contribution in [-0.4, -0.2) is 9.97 Å². The predicted molar refractivity (Wildman–Crippen MR) is 113 cm³/mol. The molecule has 0 aliphatic heterocycles. The molecule has 0 radical (unpaired) electrons. The monoisotopic (exact) mass is 348 g/mol. The van der Waals surface area contributed by atoms with Crippen LogP contribution in [0.2, 0.25) is 0 Å². The molecule has 138 valence electrons. The van der Waals surface area contributed by atoms with Crippen LogP contribution in [0.25, 0.3) is 21.8 Å². The molecule has 2 nitrogen and oxygen atoms in total. The van der Waals surface area contributed by atoms with Crippen LogP contribution in [0.15, 0.2) is 24.5 Å². The van der Waals surface area contributed by atoms with Gasteiger partial charge in [-0.15, -0.1) is 0 Å². The number of aromatic nitrogens is 2. The summed E-state index contributed by atoms with van der Waals surface area (Å²) in [7, 11) is 0. The summed E-state index contributed by atoms with van der Waals surface area (Å²) in [4.78, 5) is 9.61. The first-order valence-corrected chi connectivity index (χ1v) is 10.3. The van der Waals surface area contributed by atoms with Crippen molar-refractivity contribution >= 4 is 21.8 Å². The van der Waals surface area contributed by atoms with E-state index < -0.39 is 0 Å². The lowest BCUT2D eigenvalue weighted by Gasteiger charge is -2.14. The van der Waals surface area contributed by atoms with Crippen molar-refractivity contribution < 1.29 is 0 Å². The van der Waals surface area contributed by atoms with E-state index in [0.29, 0.717) is 0 Å². The lowest BCUT2D eigenvalue weighted by Crippen LogP contribution is -1.99. The van der Waals surface area contributed by atoms with Crippen LogP contribution in [0.1, 0.15) is 74.6 Å². The smallest absolute Gasteiger partial charge is 0.0967 e. The van der Waals surface area contributed by atoms with Gasteiger partial charge in [0.2, 0.25) is 0 Å². The fourth-order valence-electron chi connectivity index (χ4n) is 4.00. The predicted octanol–water partition coefficient (Wildman–Crippen LogP) is 6.87.